The summed E-state index contributed by atoms with van der Waals surface area (Å²) < 4.78 is 23.1. The lowest BCUT2D eigenvalue weighted by Gasteiger charge is -2.25. The maximum atomic E-state index is 13.0. The fourth-order valence-electron chi connectivity index (χ4n) is 11.8. The lowest BCUT2D eigenvalue weighted by atomic mass is 10.0. The van der Waals surface area contributed by atoms with Gasteiger partial charge in [0.05, 0.1) is 34.4 Å². The van der Waals surface area contributed by atoms with Crippen LogP contribution < -0.4 is 0 Å². The summed E-state index contributed by atoms with van der Waals surface area (Å²) in [7, 11) is 6.00. The molecule has 0 aromatic carbocycles. The number of ether oxygens (including phenoxy) is 4. The molecule has 0 amide bonds. The van der Waals surface area contributed by atoms with Crippen LogP contribution in [0.3, 0.4) is 0 Å². The molecule has 9 nitrogen and oxygen atoms in total. The summed E-state index contributed by atoms with van der Waals surface area (Å²) in [4.78, 5) is 37.7. The van der Waals surface area contributed by atoms with Crippen LogP contribution in [-0.4, -0.2) is 87.4 Å². The number of likely N-dealkylation sites (N-methyl/N-ethyl adjacent to an activating group) is 1. The Balaban J connectivity index is 4.00. The van der Waals surface area contributed by atoms with E-state index in [1.54, 1.807) is 0 Å². The predicted molar refractivity (Wildman–Crippen MR) is 374 cm³/mol. The Labute approximate surface area is 541 Å². The van der Waals surface area contributed by atoms with E-state index in [4.69, 9.17) is 18.9 Å². The lowest BCUT2D eigenvalue weighted by molar-refractivity contribution is -0.870. The molecule has 0 aromatic heterocycles. The second-order valence-corrected chi connectivity index (χ2v) is 27.7. The second kappa shape index (κ2) is 69.7. The Bertz CT molecular complexity index is 1480. The predicted octanol–water partition coefficient (Wildman–Crippen LogP) is 24.1. The van der Waals surface area contributed by atoms with E-state index in [0.717, 1.165) is 38.5 Å². The van der Waals surface area contributed by atoms with Crippen molar-refractivity contribution >= 4 is 17.9 Å². The first-order chi connectivity index (χ1) is 42.6. The van der Waals surface area contributed by atoms with Crippen LogP contribution in [-0.2, 0) is 33.3 Å². The summed E-state index contributed by atoms with van der Waals surface area (Å²) in [5, 5.41) is 9.76. The first-order valence-corrected chi connectivity index (χ1v) is 38.5. The summed E-state index contributed by atoms with van der Waals surface area (Å²) in [6.07, 6.45) is 84.7. The van der Waals surface area contributed by atoms with E-state index in [0.29, 0.717) is 17.4 Å². The number of esters is 2. The zero-order valence-corrected chi connectivity index (χ0v) is 59.0. The van der Waals surface area contributed by atoms with Gasteiger partial charge in [0.1, 0.15) is 13.2 Å². The number of allylic oxidation sites excluding steroid dienone is 4. The first-order valence-electron chi connectivity index (χ1n) is 38.5. The van der Waals surface area contributed by atoms with Gasteiger partial charge in [-0.1, -0.05) is 346 Å². The Morgan fingerprint density at radius 2 is 0.586 bits per heavy atom. The molecule has 0 spiro atoms. The number of carboxylic acid groups (broad SMARTS) is 1. The molecule has 0 aliphatic heterocycles. The van der Waals surface area contributed by atoms with Crippen molar-refractivity contribution in [2.24, 2.45) is 0 Å². The molecule has 0 saturated carbocycles. The van der Waals surface area contributed by atoms with Crippen molar-refractivity contribution in [1.82, 2.24) is 0 Å². The van der Waals surface area contributed by atoms with E-state index in [-0.39, 0.29) is 38.2 Å². The van der Waals surface area contributed by atoms with Gasteiger partial charge in [0.15, 0.2) is 6.10 Å². The van der Waals surface area contributed by atoms with Gasteiger partial charge in [0.25, 0.3) is 6.29 Å². The van der Waals surface area contributed by atoms with Crippen LogP contribution in [0.5, 0.6) is 0 Å². The van der Waals surface area contributed by atoms with Crippen molar-refractivity contribution < 1.29 is 42.9 Å². The van der Waals surface area contributed by atoms with Crippen molar-refractivity contribution in [2.45, 2.75) is 411 Å². The zero-order valence-electron chi connectivity index (χ0n) is 59.0. The highest BCUT2D eigenvalue weighted by atomic mass is 16.7. The van der Waals surface area contributed by atoms with Gasteiger partial charge in [-0.3, -0.25) is 9.59 Å². The second-order valence-electron chi connectivity index (χ2n) is 27.7. The standard InChI is InChI=1S/C78H149NO8/c1-6-8-10-12-14-16-18-20-22-24-26-28-30-32-34-36-38-40-42-44-46-48-50-52-54-56-58-60-62-64-66-68-75(80)85-72-74(73-86-78(77(82)83)84-71-70-79(3,4)5)87-76(81)69-67-65-63-61-59-57-55-53-51-49-47-45-43-41-39-37-35-33-31-29-27-25-23-21-19-17-15-13-11-9-7-2/h24-27,74,78H,6-23,28-73H2,1-5H3/p+1/b26-24-,27-25-. The first kappa shape index (κ1) is 84.8. The van der Waals surface area contributed by atoms with E-state index in [2.05, 4.69) is 38.2 Å². The van der Waals surface area contributed by atoms with E-state index >= 15 is 0 Å². The van der Waals surface area contributed by atoms with E-state index in [9.17, 15) is 19.5 Å². The molecule has 0 radical (unpaired) electrons. The van der Waals surface area contributed by atoms with Crippen LogP contribution in [0.2, 0.25) is 0 Å². The van der Waals surface area contributed by atoms with Crippen molar-refractivity contribution in [2.75, 3.05) is 47.5 Å². The molecular formula is C78H150NO8+. The number of rotatable bonds is 73. The fraction of sp³-hybridized carbons (Fsp3) is 0.910. The molecule has 0 fully saturated rings. The molecule has 514 valence electrons. The number of unbranched alkanes of at least 4 members (excludes halogenated alkanes) is 54. The molecule has 0 heterocycles. The largest absolute Gasteiger partial charge is 0.477 e. The minimum absolute atomic E-state index is 0.175. The van der Waals surface area contributed by atoms with Crippen LogP contribution in [0.1, 0.15) is 399 Å². The van der Waals surface area contributed by atoms with Gasteiger partial charge in [-0.2, -0.15) is 0 Å². The van der Waals surface area contributed by atoms with E-state index in [1.165, 1.54) is 334 Å². The molecule has 0 rings (SSSR count). The summed E-state index contributed by atoms with van der Waals surface area (Å²) in [5.74, 6) is -1.97. The van der Waals surface area contributed by atoms with Crippen LogP contribution in [0.25, 0.3) is 0 Å². The molecule has 87 heavy (non-hydrogen) atoms. The fourth-order valence-corrected chi connectivity index (χ4v) is 11.8. The third kappa shape index (κ3) is 71.1. The minimum Gasteiger partial charge on any atom is -0.477 e. The summed E-state index contributed by atoms with van der Waals surface area (Å²) in [5.41, 5.74) is 0. The average molecular weight is 1230 g/mol. The van der Waals surface area contributed by atoms with Crippen LogP contribution in [0.15, 0.2) is 24.3 Å². The third-order valence-electron chi connectivity index (χ3n) is 17.7. The molecule has 0 aliphatic carbocycles. The summed E-state index contributed by atoms with van der Waals surface area (Å²) in [6.45, 7) is 4.96. The van der Waals surface area contributed by atoms with E-state index < -0.39 is 18.4 Å². The monoisotopic (exact) mass is 1230 g/mol. The molecule has 1 N–H and O–H groups in total. The highest BCUT2D eigenvalue weighted by molar-refractivity contribution is 5.71. The van der Waals surface area contributed by atoms with Crippen LogP contribution in [0, 0.1) is 0 Å². The van der Waals surface area contributed by atoms with Gasteiger partial charge >= 0.3 is 17.9 Å². The van der Waals surface area contributed by atoms with Gasteiger partial charge in [-0.05, 0) is 64.2 Å². The maximum Gasteiger partial charge on any atom is 0.361 e. The third-order valence-corrected chi connectivity index (χ3v) is 17.7. The molecule has 0 aliphatic rings. The molecule has 2 unspecified atom stereocenters. The van der Waals surface area contributed by atoms with E-state index in [1.807, 2.05) is 21.1 Å². The number of aliphatic carboxylic acids is 1. The van der Waals surface area contributed by atoms with Gasteiger partial charge in [0.2, 0.25) is 0 Å². The molecular weight excluding hydrogens is 1080 g/mol. The highest BCUT2D eigenvalue weighted by Crippen LogP contribution is 2.19. The number of carboxylic acids is 1. The Kier molecular flexibility index (Phi) is 67.9. The topological polar surface area (TPSA) is 108 Å². The van der Waals surface area contributed by atoms with Gasteiger partial charge in [0, 0.05) is 12.8 Å². The van der Waals surface area contributed by atoms with Crippen molar-refractivity contribution in [1.29, 1.82) is 0 Å². The van der Waals surface area contributed by atoms with Gasteiger partial charge in [-0.15, -0.1) is 0 Å². The number of carbonyl (C=O) groups is 3. The number of hydrogen-bond acceptors (Lipinski definition) is 7. The van der Waals surface area contributed by atoms with Crippen LogP contribution >= 0.6 is 0 Å². The number of carbonyl (C=O) groups excluding carboxylic acids is 2. The summed E-state index contributed by atoms with van der Waals surface area (Å²) in [6, 6.07) is 0. The quantitative estimate of drug-likeness (QED) is 0.0211. The van der Waals surface area contributed by atoms with Crippen molar-refractivity contribution in [3.05, 3.63) is 24.3 Å². The Morgan fingerprint density at radius 3 is 0.851 bits per heavy atom. The van der Waals surface area contributed by atoms with Crippen LogP contribution in [0.4, 0.5) is 0 Å². The zero-order chi connectivity index (χ0) is 63.3. The van der Waals surface area contributed by atoms with Crippen molar-refractivity contribution in [3.63, 3.8) is 0 Å². The van der Waals surface area contributed by atoms with Gasteiger partial charge in [-0.25, -0.2) is 4.79 Å². The molecule has 0 bridgehead atoms. The molecule has 2 atom stereocenters. The number of hydrogen-bond donors (Lipinski definition) is 1. The number of nitrogens with zero attached hydrogens (tertiary/aromatic N) is 1. The molecule has 0 saturated heterocycles. The van der Waals surface area contributed by atoms with Gasteiger partial charge < -0.3 is 28.5 Å². The SMILES string of the molecule is CCCCCCCCCC/C=C\CCCCCCCCCCCCCCCCCCCCCC(=O)OCC(COC(OCC[N+](C)(C)C)C(=O)O)OC(=O)CCCCCCCCCCCCCCCCCCCCC/C=C\CCCCCCCCCC. The molecule has 9 heteroatoms. The smallest absolute Gasteiger partial charge is 0.361 e. The Morgan fingerprint density at radius 1 is 0.333 bits per heavy atom. The summed E-state index contributed by atoms with van der Waals surface area (Å²) >= 11 is 0. The lowest BCUT2D eigenvalue weighted by Crippen LogP contribution is -2.40. The normalized spacial score (nSPS) is 12.7. The highest BCUT2D eigenvalue weighted by Gasteiger charge is 2.25. The number of quaternary nitrogens is 1. The maximum absolute atomic E-state index is 13.0. The average Bonchev–Trinajstić information content (AvgIpc) is 3.51. The van der Waals surface area contributed by atoms with Crippen molar-refractivity contribution in [3.8, 4) is 0 Å². The Hall–Kier alpha value is -2.23. The minimum atomic E-state index is -1.51. The molecule has 0 aromatic rings.